The van der Waals surface area contributed by atoms with Crippen LogP contribution in [-0.4, -0.2) is 24.1 Å². The number of aromatic amines is 1. The van der Waals surface area contributed by atoms with Crippen molar-refractivity contribution in [1.29, 1.82) is 0 Å². The summed E-state index contributed by atoms with van der Waals surface area (Å²) in [6.07, 6.45) is 0. The molecule has 0 aliphatic rings. The fourth-order valence-electron chi connectivity index (χ4n) is 1.55. The van der Waals surface area contributed by atoms with E-state index in [1.54, 1.807) is 6.92 Å². The zero-order chi connectivity index (χ0) is 13.1. The molecule has 1 aromatic carbocycles. The maximum absolute atomic E-state index is 11.3. The second-order valence-corrected chi connectivity index (χ2v) is 4.16. The summed E-state index contributed by atoms with van der Waals surface area (Å²) in [5.74, 6) is 1.48. The Bertz CT molecular complexity index is 605. The van der Waals surface area contributed by atoms with E-state index in [2.05, 4.69) is 9.97 Å². The number of benzene rings is 1. The van der Waals surface area contributed by atoms with Crippen molar-refractivity contribution in [2.75, 3.05) is 19.0 Å². The number of rotatable bonds is 3. The molecule has 2 rings (SSSR count). The van der Waals surface area contributed by atoms with Crippen molar-refractivity contribution in [3.63, 3.8) is 0 Å². The molecule has 0 aliphatic carbocycles. The van der Waals surface area contributed by atoms with Gasteiger partial charge < -0.3 is 14.6 Å². The smallest absolute Gasteiger partial charge is 0.254 e. The monoisotopic (exact) mass is 245 g/mol. The summed E-state index contributed by atoms with van der Waals surface area (Å²) in [4.78, 5) is 20.0. The van der Waals surface area contributed by atoms with Crippen molar-refractivity contribution in [3.05, 3.63) is 46.5 Å². The quantitative estimate of drug-likeness (QED) is 0.897. The molecule has 0 aliphatic heterocycles. The van der Waals surface area contributed by atoms with Crippen molar-refractivity contribution >= 4 is 5.69 Å². The Morgan fingerprint density at radius 3 is 2.72 bits per heavy atom. The van der Waals surface area contributed by atoms with Crippen LogP contribution in [0.4, 0.5) is 5.69 Å². The summed E-state index contributed by atoms with van der Waals surface area (Å²) in [7, 11) is 3.91. The van der Waals surface area contributed by atoms with Gasteiger partial charge in [0.2, 0.25) is 5.88 Å². The highest BCUT2D eigenvalue weighted by Crippen LogP contribution is 2.23. The first-order chi connectivity index (χ1) is 8.54. The number of H-pyrrole nitrogens is 1. The molecule has 0 saturated heterocycles. The third kappa shape index (κ3) is 2.88. The Morgan fingerprint density at radius 1 is 1.28 bits per heavy atom. The molecule has 5 nitrogen and oxygen atoms in total. The van der Waals surface area contributed by atoms with Gasteiger partial charge in [0, 0.05) is 25.8 Å². The van der Waals surface area contributed by atoms with Crippen LogP contribution in [0.2, 0.25) is 0 Å². The predicted molar refractivity (Wildman–Crippen MR) is 70.4 cm³/mol. The Hall–Kier alpha value is -2.30. The van der Waals surface area contributed by atoms with Gasteiger partial charge in [0.05, 0.1) is 6.07 Å². The third-order valence-electron chi connectivity index (χ3n) is 2.39. The lowest BCUT2D eigenvalue weighted by molar-refractivity contribution is 0.459. The van der Waals surface area contributed by atoms with E-state index < -0.39 is 0 Å². The van der Waals surface area contributed by atoms with Gasteiger partial charge in [-0.2, -0.15) is 0 Å². The number of nitrogens with zero attached hydrogens (tertiary/aromatic N) is 2. The molecule has 0 amide bonds. The normalized spacial score (nSPS) is 10.2. The van der Waals surface area contributed by atoms with Crippen LogP contribution in [0.5, 0.6) is 11.6 Å². The van der Waals surface area contributed by atoms with Crippen LogP contribution in [0.3, 0.4) is 0 Å². The van der Waals surface area contributed by atoms with Crippen molar-refractivity contribution in [2.45, 2.75) is 6.92 Å². The fraction of sp³-hybridized carbons (Fsp3) is 0.231. The minimum absolute atomic E-state index is 0.221. The minimum atomic E-state index is -0.221. The lowest BCUT2D eigenvalue weighted by atomic mass is 10.3. The van der Waals surface area contributed by atoms with Crippen LogP contribution < -0.4 is 15.2 Å². The van der Waals surface area contributed by atoms with Crippen LogP contribution >= 0.6 is 0 Å². The topological polar surface area (TPSA) is 58.2 Å². The van der Waals surface area contributed by atoms with E-state index in [1.807, 2.05) is 43.3 Å². The molecule has 0 bridgehead atoms. The Balaban J connectivity index is 2.28. The minimum Gasteiger partial charge on any atom is -0.439 e. The van der Waals surface area contributed by atoms with Crippen LogP contribution in [0, 0.1) is 6.92 Å². The second-order valence-electron chi connectivity index (χ2n) is 4.16. The van der Waals surface area contributed by atoms with Crippen LogP contribution in [0.25, 0.3) is 0 Å². The Morgan fingerprint density at radius 2 is 2.06 bits per heavy atom. The summed E-state index contributed by atoms with van der Waals surface area (Å²) in [6.45, 7) is 1.71. The zero-order valence-electron chi connectivity index (χ0n) is 10.6. The average Bonchev–Trinajstić information content (AvgIpc) is 2.27. The van der Waals surface area contributed by atoms with Crippen LogP contribution in [0.1, 0.15) is 5.82 Å². The highest BCUT2D eigenvalue weighted by Gasteiger charge is 2.03. The van der Waals surface area contributed by atoms with E-state index in [4.69, 9.17) is 4.74 Å². The number of anilines is 1. The first-order valence-electron chi connectivity index (χ1n) is 5.58. The third-order valence-corrected chi connectivity index (χ3v) is 2.39. The fourth-order valence-corrected chi connectivity index (χ4v) is 1.55. The SMILES string of the molecule is Cc1nc(Oc2cccc(N(C)C)c2)cc(=O)[nH]1. The Labute approximate surface area is 105 Å². The molecule has 5 heteroatoms. The van der Waals surface area contributed by atoms with Gasteiger partial charge in [-0.25, -0.2) is 4.98 Å². The molecule has 0 unspecified atom stereocenters. The molecule has 1 aromatic heterocycles. The summed E-state index contributed by atoms with van der Waals surface area (Å²) >= 11 is 0. The Kier molecular flexibility index (Phi) is 3.32. The van der Waals surface area contributed by atoms with Gasteiger partial charge in [0.25, 0.3) is 5.56 Å². The molecule has 2 aromatic rings. The molecule has 0 fully saturated rings. The number of aromatic nitrogens is 2. The number of ether oxygens (including phenoxy) is 1. The van der Waals surface area contributed by atoms with Crippen molar-refractivity contribution < 1.29 is 4.74 Å². The van der Waals surface area contributed by atoms with E-state index in [-0.39, 0.29) is 5.56 Å². The number of nitrogens with one attached hydrogen (secondary N) is 1. The largest absolute Gasteiger partial charge is 0.439 e. The van der Waals surface area contributed by atoms with E-state index in [0.29, 0.717) is 17.5 Å². The van der Waals surface area contributed by atoms with Gasteiger partial charge >= 0.3 is 0 Å². The molecule has 0 saturated carbocycles. The molecular weight excluding hydrogens is 230 g/mol. The molecule has 18 heavy (non-hydrogen) atoms. The average molecular weight is 245 g/mol. The maximum atomic E-state index is 11.3. The maximum Gasteiger partial charge on any atom is 0.254 e. The van der Waals surface area contributed by atoms with Gasteiger partial charge in [0.1, 0.15) is 11.6 Å². The van der Waals surface area contributed by atoms with Crippen molar-refractivity contribution in [3.8, 4) is 11.6 Å². The number of hydrogen-bond donors (Lipinski definition) is 1. The van der Waals surface area contributed by atoms with Gasteiger partial charge in [-0.05, 0) is 19.1 Å². The van der Waals surface area contributed by atoms with E-state index in [1.165, 1.54) is 6.07 Å². The molecule has 0 spiro atoms. The summed E-state index contributed by atoms with van der Waals surface area (Å²) in [5, 5.41) is 0. The van der Waals surface area contributed by atoms with Crippen LogP contribution in [-0.2, 0) is 0 Å². The van der Waals surface area contributed by atoms with Gasteiger partial charge in [-0.1, -0.05) is 6.07 Å². The number of hydrogen-bond acceptors (Lipinski definition) is 4. The van der Waals surface area contributed by atoms with E-state index in [0.717, 1.165) is 5.69 Å². The number of aryl methyl sites for hydroxylation is 1. The van der Waals surface area contributed by atoms with Crippen molar-refractivity contribution in [2.24, 2.45) is 0 Å². The lowest BCUT2D eigenvalue weighted by Crippen LogP contribution is -2.09. The van der Waals surface area contributed by atoms with E-state index in [9.17, 15) is 4.79 Å². The summed E-state index contributed by atoms with van der Waals surface area (Å²) < 4.78 is 5.57. The second kappa shape index (κ2) is 4.91. The van der Waals surface area contributed by atoms with Crippen LogP contribution in [0.15, 0.2) is 35.1 Å². The standard InChI is InChI=1S/C13H15N3O2/c1-9-14-12(17)8-13(15-9)18-11-6-4-5-10(7-11)16(2)3/h4-8H,1-3H3,(H,14,15,17). The van der Waals surface area contributed by atoms with Gasteiger partial charge in [0.15, 0.2) is 0 Å². The zero-order valence-corrected chi connectivity index (χ0v) is 10.6. The van der Waals surface area contributed by atoms with Crippen molar-refractivity contribution in [1.82, 2.24) is 9.97 Å². The molecule has 0 atom stereocenters. The van der Waals surface area contributed by atoms with E-state index >= 15 is 0 Å². The lowest BCUT2D eigenvalue weighted by Gasteiger charge is -2.13. The predicted octanol–water partition coefficient (Wildman–Crippen LogP) is 1.94. The van der Waals surface area contributed by atoms with Gasteiger partial charge in [-0.15, -0.1) is 0 Å². The molecule has 94 valence electrons. The highest BCUT2D eigenvalue weighted by atomic mass is 16.5. The summed E-state index contributed by atoms with van der Waals surface area (Å²) in [5.41, 5.74) is 0.801. The summed E-state index contributed by atoms with van der Waals surface area (Å²) in [6, 6.07) is 8.91. The molecule has 0 radical (unpaired) electrons. The first kappa shape index (κ1) is 12.2. The van der Waals surface area contributed by atoms with Gasteiger partial charge in [-0.3, -0.25) is 4.79 Å². The molecule has 1 heterocycles. The molecule has 1 N–H and O–H groups in total. The molecular formula is C13H15N3O2. The first-order valence-corrected chi connectivity index (χ1v) is 5.58. The highest BCUT2D eigenvalue weighted by molar-refractivity contribution is 5.49.